The standard InChI is InChI=1S/C30H42F3NO3/c1-16(4-9-27(37)34-18-13-24(31)28(33)25(32)14-18)21-7-8-22-20-6-5-17-12-19(35)10-11-29(17,2)23(20)15-26(36)30(21,22)3/h13-14,16-17,19-23,26,35-36H,4-12,15H2,1-3H3,(H,34,37). The number of anilines is 1. The zero-order chi connectivity index (χ0) is 26.7. The number of nitrogens with one attached hydrogen (secondary N) is 1. The molecule has 1 amide bonds. The van der Waals surface area contributed by atoms with Crippen LogP contribution in [0.25, 0.3) is 0 Å². The number of aliphatic hydroxyl groups excluding tert-OH is 2. The van der Waals surface area contributed by atoms with Gasteiger partial charge in [0.25, 0.3) is 0 Å². The van der Waals surface area contributed by atoms with E-state index in [4.69, 9.17) is 0 Å². The molecule has 4 aliphatic rings. The Kier molecular flexibility index (Phi) is 7.19. The molecule has 10 unspecified atom stereocenters. The van der Waals surface area contributed by atoms with Crippen molar-refractivity contribution in [2.75, 3.05) is 5.32 Å². The SMILES string of the molecule is CC(CCC(=O)Nc1cc(F)c(F)c(F)c1)C1CCC2C3CCC4CC(O)CCC4(C)C3CC(O)C12C. The number of aliphatic hydroxyl groups is 2. The Hall–Kier alpha value is -1.60. The van der Waals surface area contributed by atoms with Crippen molar-refractivity contribution in [1.82, 2.24) is 0 Å². The summed E-state index contributed by atoms with van der Waals surface area (Å²) in [5.41, 5.74) is -0.0709. The van der Waals surface area contributed by atoms with Crippen LogP contribution in [0.4, 0.5) is 18.9 Å². The molecule has 7 heteroatoms. The number of carbonyl (C=O) groups is 1. The summed E-state index contributed by atoms with van der Waals surface area (Å²) < 4.78 is 40.2. The van der Waals surface area contributed by atoms with Gasteiger partial charge in [-0.1, -0.05) is 20.8 Å². The van der Waals surface area contributed by atoms with Crippen molar-refractivity contribution in [3.63, 3.8) is 0 Å². The summed E-state index contributed by atoms with van der Waals surface area (Å²) in [5.74, 6) is -1.91. The topological polar surface area (TPSA) is 69.6 Å². The molecule has 37 heavy (non-hydrogen) atoms. The molecule has 0 aromatic heterocycles. The first-order chi connectivity index (χ1) is 17.4. The van der Waals surface area contributed by atoms with E-state index in [1.54, 1.807) is 0 Å². The van der Waals surface area contributed by atoms with E-state index < -0.39 is 17.5 Å². The molecule has 1 aromatic carbocycles. The highest BCUT2D eigenvalue weighted by Crippen LogP contribution is 2.68. The Balaban J connectivity index is 1.24. The number of hydrogen-bond donors (Lipinski definition) is 3. The zero-order valence-corrected chi connectivity index (χ0v) is 22.3. The largest absolute Gasteiger partial charge is 0.393 e. The Morgan fingerprint density at radius 3 is 2.43 bits per heavy atom. The maximum absolute atomic E-state index is 13.5. The molecule has 0 saturated heterocycles. The van der Waals surface area contributed by atoms with E-state index in [1.807, 2.05) is 0 Å². The van der Waals surface area contributed by atoms with Gasteiger partial charge in [-0.2, -0.15) is 0 Å². The molecule has 4 fully saturated rings. The normalized spacial score (nSPS) is 41.9. The Labute approximate surface area is 218 Å². The smallest absolute Gasteiger partial charge is 0.224 e. The van der Waals surface area contributed by atoms with Crippen molar-refractivity contribution in [1.29, 1.82) is 0 Å². The minimum Gasteiger partial charge on any atom is -0.393 e. The minimum absolute atomic E-state index is 0.0879. The Morgan fingerprint density at radius 2 is 1.73 bits per heavy atom. The van der Waals surface area contributed by atoms with E-state index in [2.05, 4.69) is 26.1 Å². The average molecular weight is 522 g/mol. The third-order valence-corrected chi connectivity index (χ3v) is 11.6. The van der Waals surface area contributed by atoms with E-state index in [1.165, 1.54) is 12.8 Å². The first-order valence-corrected chi connectivity index (χ1v) is 14.3. The predicted molar refractivity (Wildman–Crippen MR) is 136 cm³/mol. The first kappa shape index (κ1) is 27.0. The monoisotopic (exact) mass is 521 g/mol. The lowest BCUT2D eigenvalue weighted by Crippen LogP contribution is -2.58. The number of amides is 1. The van der Waals surface area contributed by atoms with Crippen LogP contribution in [0.15, 0.2) is 12.1 Å². The van der Waals surface area contributed by atoms with Crippen molar-refractivity contribution in [3.8, 4) is 0 Å². The van der Waals surface area contributed by atoms with Crippen molar-refractivity contribution in [3.05, 3.63) is 29.6 Å². The highest BCUT2D eigenvalue weighted by molar-refractivity contribution is 5.90. The summed E-state index contributed by atoms with van der Waals surface area (Å²) >= 11 is 0. The van der Waals surface area contributed by atoms with Gasteiger partial charge in [0.05, 0.1) is 12.2 Å². The van der Waals surface area contributed by atoms with Gasteiger partial charge in [-0.15, -0.1) is 0 Å². The van der Waals surface area contributed by atoms with Gasteiger partial charge in [0.1, 0.15) is 0 Å². The van der Waals surface area contributed by atoms with Crippen LogP contribution in [-0.2, 0) is 4.79 Å². The van der Waals surface area contributed by atoms with Crippen LogP contribution in [0.2, 0.25) is 0 Å². The number of benzene rings is 1. The molecular weight excluding hydrogens is 479 g/mol. The van der Waals surface area contributed by atoms with E-state index in [9.17, 15) is 28.2 Å². The van der Waals surface area contributed by atoms with Crippen LogP contribution in [0.5, 0.6) is 0 Å². The van der Waals surface area contributed by atoms with Crippen molar-refractivity contribution in [2.45, 2.75) is 97.2 Å². The lowest BCUT2D eigenvalue weighted by Gasteiger charge is -2.62. The zero-order valence-electron chi connectivity index (χ0n) is 22.3. The summed E-state index contributed by atoms with van der Waals surface area (Å²) in [7, 11) is 0. The molecule has 4 nitrogen and oxygen atoms in total. The Bertz CT molecular complexity index is 1010. The molecule has 4 saturated carbocycles. The van der Waals surface area contributed by atoms with E-state index in [-0.39, 0.29) is 47.0 Å². The molecule has 3 N–H and O–H groups in total. The quantitative estimate of drug-likeness (QED) is 0.390. The molecule has 206 valence electrons. The molecule has 0 heterocycles. The summed E-state index contributed by atoms with van der Waals surface area (Å²) in [5, 5.41) is 24.4. The minimum atomic E-state index is -1.55. The molecule has 0 aliphatic heterocycles. The molecule has 10 atom stereocenters. The second-order valence-corrected chi connectivity index (χ2v) is 13.2. The maximum Gasteiger partial charge on any atom is 0.224 e. The van der Waals surface area contributed by atoms with E-state index >= 15 is 0 Å². The van der Waals surface area contributed by atoms with Crippen LogP contribution in [0.1, 0.15) is 85.0 Å². The third-order valence-electron chi connectivity index (χ3n) is 11.6. The molecular formula is C30H42F3NO3. The number of rotatable bonds is 5. The molecule has 0 bridgehead atoms. The molecule has 4 aliphatic carbocycles. The van der Waals surface area contributed by atoms with Crippen molar-refractivity contribution >= 4 is 11.6 Å². The molecule has 5 rings (SSSR count). The van der Waals surface area contributed by atoms with Gasteiger partial charge in [-0.3, -0.25) is 4.79 Å². The Morgan fingerprint density at radius 1 is 1.03 bits per heavy atom. The van der Waals surface area contributed by atoms with Gasteiger partial charge in [-0.25, -0.2) is 13.2 Å². The predicted octanol–water partition coefficient (Wildman–Crippen LogP) is 6.45. The first-order valence-electron chi connectivity index (χ1n) is 14.3. The fourth-order valence-electron chi connectivity index (χ4n) is 9.57. The van der Waals surface area contributed by atoms with E-state index in [0.717, 1.165) is 50.7 Å². The molecule has 0 spiro atoms. The fraction of sp³-hybridized carbons (Fsp3) is 0.767. The lowest BCUT2D eigenvalue weighted by atomic mass is 9.43. The van der Waals surface area contributed by atoms with Gasteiger partial charge in [0, 0.05) is 24.2 Å². The summed E-state index contributed by atoms with van der Waals surface area (Å²) in [6.07, 6.45) is 8.39. The number of fused-ring (bicyclic) bond motifs is 5. The second kappa shape index (κ2) is 9.86. The lowest BCUT2D eigenvalue weighted by molar-refractivity contribution is -0.174. The van der Waals surface area contributed by atoms with E-state index in [0.29, 0.717) is 36.0 Å². The van der Waals surface area contributed by atoms with Crippen LogP contribution in [0, 0.1) is 63.8 Å². The summed E-state index contributed by atoms with van der Waals surface area (Å²) in [6.45, 7) is 6.85. The van der Waals surface area contributed by atoms with Crippen LogP contribution < -0.4 is 5.32 Å². The molecule has 1 aromatic rings. The summed E-state index contributed by atoms with van der Waals surface area (Å²) in [6, 6.07) is 1.58. The highest BCUT2D eigenvalue weighted by atomic mass is 19.2. The number of halogens is 3. The van der Waals surface area contributed by atoms with Crippen LogP contribution in [0.3, 0.4) is 0 Å². The molecule has 0 radical (unpaired) electrons. The fourth-order valence-corrected chi connectivity index (χ4v) is 9.57. The number of carbonyl (C=O) groups excluding carboxylic acids is 1. The van der Waals surface area contributed by atoms with Crippen LogP contribution in [-0.4, -0.2) is 28.3 Å². The van der Waals surface area contributed by atoms with Gasteiger partial charge in [-0.05, 0) is 104 Å². The number of hydrogen-bond acceptors (Lipinski definition) is 3. The third kappa shape index (κ3) is 4.52. The average Bonchev–Trinajstić information content (AvgIpc) is 3.21. The summed E-state index contributed by atoms with van der Waals surface area (Å²) in [4.78, 5) is 12.5. The van der Waals surface area contributed by atoms with Crippen LogP contribution >= 0.6 is 0 Å². The van der Waals surface area contributed by atoms with Gasteiger partial charge < -0.3 is 15.5 Å². The van der Waals surface area contributed by atoms with Gasteiger partial charge in [0.15, 0.2) is 17.5 Å². The maximum atomic E-state index is 13.5. The van der Waals surface area contributed by atoms with Crippen molar-refractivity contribution < 1.29 is 28.2 Å². The highest BCUT2D eigenvalue weighted by Gasteiger charge is 2.63. The van der Waals surface area contributed by atoms with Gasteiger partial charge >= 0.3 is 0 Å². The second-order valence-electron chi connectivity index (χ2n) is 13.2. The van der Waals surface area contributed by atoms with Crippen molar-refractivity contribution in [2.24, 2.45) is 46.3 Å². The van der Waals surface area contributed by atoms with Gasteiger partial charge in [0.2, 0.25) is 5.91 Å².